The van der Waals surface area contributed by atoms with Crippen LogP contribution in [0.3, 0.4) is 0 Å². The predicted molar refractivity (Wildman–Crippen MR) is 205 cm³/mol. The maximum Gasteiger partial charge on any atom is 0.249 e. The molecular formula is C42H81NO5. The van der Waals surface area contributed by atoms with Gasteiger partial charge < -0.3 is 25.7 Å². The third kappa shape index (κ3) is 30.8. The van der Waals surface area contributed by atoms with Crippen LogP contribution in [0.25, 0.3) is 0 Å². The molecule has 0 spiro atoms. The molecule has 0 saturated heterocycles. The number of amides is 1. The Morgan fingerprint density at radius 3 is 1.25 bits per heavy atom. The Labute approximate surface area is 297 Å². The number of hydrogen-bond donors (Lipinski definition) is 5. The maximum absolute atomic E-state index is 12.5. The average Bonchev–Trinajstić information content (AvgIpc) is 3.09. The van der Waals surface area contributed by atoms with Crippen LogP contribution in [0.5, 0.6) is 0 Å². The zero-order valence-electron chi connectivity index (χ0n) is 31.7. The number of aliphatic hydroxyl groups excluding tert-OH is 4. The van der Waals surface area contributed by atoms with Gasteiger partial charge in [0.25, 0.3) is 0 Å². The topological polar surface area (TPSA) is 110 Å². The van der Waals surface area contributed by atoms with E-state index in [2.05, 4.69) is 43.5 Å². The van der Waals surface area contributed by atoms with Crippen molar-refractivity contribution in [1.82, 2.24) is 5.32 Å². The molecule has 0 radical (unpaired) electrons. The van der Waals surface area contributed by atoms with Crippen LogP contribution < -0.4 is 5.32 Å². The molecule has 4 atom stereocenters. The number of carbonyl (C=O) groups is 1. The standard InChI is InChI=1S/C42H81NO5/c1-3-5-7-9-11-13-15-17-19-20-21-22-24-26-28-30-32-34-36-40(46)42(48)43-38(37-44)41(47)39(45)35-33-31-29-27-25-23-18-16-14-12-10-8-6-4-2/h20-21,27,29,38-41,44-47H,3-19,22-26,28,30-37H2,1-2H3,(H,43,48)/b21-20-,29-27+. The number of unbranched alkanes of at least 4 members (excludes halogenated alkanes) is 24. The first-order valence-corrected chi connectivity index (χ1v) is 20.7. The fourth-order valence-corrected chi connectivity index (χ4v) is 6.28. The summed E-state index contributed by atoms with van der Waals surface area (Å²) in [5.41, 5.74) is 0. The van der Waals surface area contributed by atoms with Crippen LogP contribution >= 0.6 is 0 Å². The molecule has 0 heterocycles. The SMILES string of the molecule is CCCCCCCCCC/C=C\CCCCCCCCC(O)C(=O)NC(CO)C(O)C(O)CCC/C=C/CCCCCCCCCCC. The van der Waals surface area contributed by atoms with Gasteiger partial charge in [0.1, 0.15) is 12.2 Å². The maximum atomic E-state index is 12.5. The Balaban J connectivity index is 3.81. The van der Waals surface area contributed by atoms with Gasteiger partial charge in [-0.3, -0.25) is 4.79 Å². The molecule has 5 N–H and O–H groups in total. The molecule has 1 amide bonds. The van der Waals surface area contributed by atoms with Crippen molar-refractivity contribution in [1.29, 1.82) is 0 Å². The second kappa shape index (κ2) is 37.1. The van der Waals surface area contributed by atoms with Gasteiger partial charge in [-0.05, 0) is 64.2 Å². The highest BCUT2D eigenvalue weighted by atomic mass is 16.3. The molecule has 0 rings (SSSR count). The highest BCUT2D eigenvalue weighted by molar-refractivity contribution is 5.80. The predicted octanol–water partition coefficient (Wildman–Crippen LogP) is 10.4. The molecule has 0 aliphatic rings. The minimum absolute atomic E-state index is 0.357. The van der Waals surface area contributed by atoms with E-state index in [-0.39, 0.29) is 0 Å². The third-order valence-corrected chi connectivity index (χ3v) is 9.63. The molecule has 0 aliphatic carbocycles. The summed E-state index contributed by atoms with van der Waals surface area (Å²) in [6, 6.07) is -1.00. The molecule has 0 aliphatic heterocycles. The second-order valence-electron chi connectivity index (χ2n) is 14.3. The van der Waals surface area contributed by atoms with Gasteiger partial charge in [-0.2, -0.15) is 0 Å². The Morgan fingerprint density at radius 1 is 0.500 bits per heavy atom. The summed E-state index contributed by atoms with van der Waals surface area (Å²) in [4.78, 5) is 12.5. The van der Waals surface area contributed by atoms with Crippen molar-refractivity contribution in [3.8, 4) is 0 Å². The summed E-state index contributed by atoms with van der Waals surface area (Å²) in [6.45, 7) is 4.02. The molecule has 6 nitrogen and oxygen atoms in total. The molecule has 0 aromatic carbocycles. The molecule has 0 saturated carbocycles. The Morgan fingerprint density at radius 2 is 0.854 bits per heavy atom. The Bertz CT molecular complexity index is 727. The molecular weight excluding hydrogens is 598 g/mol. The van der Waals surface area contributed by atoms with Crippen molar-refractivity contribution >= 4 is 5.91 Å². The van der Waals surface area contributed by atoms with Crippen LogP contribution in [0.15, 0.2) is 24.3 Å². The molecule has 0 aromatic rings. The summed E-state index contributed by atoms with van der Waals surface area (Å²) in [5.74, 6) is -0.599. The summed E-state index contributed by atoms with van der Waals surface area (Å²) in [6.07, 6.45) is 40.6. The smallest absolute Gasteiger partial charge is 0.249 e. The Hall–Kier alpha value is -1.21. The lowest BCUT2D eigenvalue weighted by Gasteiger charge is -2.27. The van der Waals surface area contributed by atoms with Gasteiger partial charge in [0, 0.05) is 0 Å². The first-order chi connectivity index (χ1) is 23.5. The zero-order valence-corrected chi connectivity index (χ0v) is 31.7. The number of nitrogens with one attached hydrogen (secondary N) is 1. The number of aliphatic hydroxyl groups is 4. The molecule has 284 valence electrons. The summed E-state index contributed by atoms with van der Waals surface area (Å²) < 4.78 is 0. The van der Waals surface area contributed by atoms with Crippen molar-refractivity contribution in [2.45, 2.75) is 231 Å². The average molecular weight is 680 g/mol. The van der Waals surface area contributed by atoms with Crippen molar-refractivity contribution in [2.75, 3.05) is 6.61 Å². The van der Waals surface area contributed by atoms with Crippen molar-refractivity contribution in [3.05, 3.63) is 24.3 Å². The van der Waals surface area contributed by atoms with E-state index in [1.54, 1.807) is 0 Å². The van der Waals surface area contributed by atoms with Crippen LogP contribution in [0.2, 0.25) is 0 Å². The van der Waals surface area contributed by atoms with E-state index in [1.807, 2.05) is 0 Å². The second-order valence-corrected chi connectivity index (χ2v) is 14.3. The fraction of sp³-hybridized carbons (Fsp3) is 0.881. The van der Waals surface area contributed by atoms with Gasteiger partial charge in [0.05, 0.1) is 18.8 Å². The lowest BCUT2D eigenvalue weighted by Crippen LogP contribution is -2.53. The quantitative estimate of drug-likeness (QED) is 0.0332. The summed E-state index contributed by atoms with van der Waals surface area (Å²) in [7, 11) is 0. The van der Waals surface area contributed by atoms with Crippen molar-refractivity contribution < 1.29 is 25.2 Å². The molecule has 0 fully saturated rings. The zero-order chi connectivity index (χ0) is 35.3. The van der Waals surface area contributed by atoms with Crippen LogP contribution in [0, 0.1) is 0 Å². The number of hydrogen-bond acceptors (Lipinski definition) is 5. The first-order valence-electron chi connectivity index (χ1n) is 20.7. The van der Waals surface area contributed by atoms with E-state index < -0.39 is 36.9 Å². The van der Waals surface area contributed by atoms with Crippen LogP contribution in [-0.4, -0.2) is 57.3 Å². The highest BCUT2D eigenvalue weighted by Crippen LogP contribution is 2.14. The van der Waals surface area contributed by atoms with E-state index in [1.165, 1.54) is 135 Å². The Kier molecular flexibility index (Phi) is 36.1. The van der Waals surface area contributed by atoms with Gasteiger partial charge in [-0.25, -0.2) is 0 Å². The van der Waals surface area contributed by atoms with Gasteiger partial charge in [-0.15, -0.1) is 0 Å². The first kappa shape index (κ1) is 46.8. The number of carbonyl (C=O) groups excluding carboxylic acids is 1. The molecule has 0 bridgehead atoms. The van der Waals surface area contributed by atoms with Gasteiger partial charge in [0.15, 0.2) is 0 Å². The van der Waals surface area contributed by atoms with Crippen LogP contribution in [-0.2, 0) is 4.79 Å². The third-order valence-electron chi connectivity index (χ3n) is 9.63. The van der Waals surface area contributed by atoms with Gasteiger partial charge in [-0.1, -0.05) is 167 Å². The van der Waals surface area contributed by atoms with Crippen molar-refractivity contribution in [3.63, 3.8) is 0 Å². The lowest BCUT2D eigenvalue weighted by atomic mass is 10.00. The number of allylic oxidation sites excluding steroid dienone is 4. The van der Waals surface area contributed by atoms with Crippen molar-refractivity contribution in [2.24, 2.45) is 0 Å². The van der Waals surface area contributed by atoms with Crippen LogP contribution in [0.1, 0.15) is 206 Å². The minimum atomic E-state index is -1.28. The highest BCUT2D eigenvalue weighted by Gasteiger charge is 2.28. The normalized spacial score (nSPS) is 14.5. The van der Waals surface area contributed by atoms with Gasteiger partial charge in [0.2, 0.25) is 5.91 Å². The monoisotopic (exact) mass is 680 g/mol. The molecule has 0 aromatic heterocycles. The fourth-order valence-electron chi connectivity index (χ4n) is 6.28. The van der Waals surface area contributed by atoms with E-state index >= 15 is 0 Å². The van der Waals surface area contributed by atoms with Gasteiger partial charge >= 0.3 is 0 Å². The van der Waals surface area contributed by atoms with E-state index in [9.17, 15) is 25.2 Å². The van der Waals surface area contributed by atoms with Crippen LogP contribution in [0.4, 0.5) is 0 Å². The van der Waals surface area contributed by atoms with E-state index in [0.717, 1.165) is 44.9 Å². The number of rotatable bonds is 37. The van der Waals surface area contributed by atoms with E-state index in [4.69, 9.17) is 0 Å². The lowest BCUT2D eigenvalue weighted by molar-refractivity contribution is -0.132. The molecule has 6 heteroatoms. The molecule has 4 unspecified atom stereocenters. The molecule has 48 heavy (non-hydrogen) atoms. The minimum Gasteiger partial charge on any atom is -0.394 e. The summed E-state index contributed by atoms with van der Waals surface area (Å²) >= 11 is 0. The summed E-state index contributed by atoms with van der Waals surface area (Å²) in [5, 5.41) is 43.5. The van der Waals surface area contributed by atoms with E-state index in [0.29, 0.717) is 12.8 Å². The largest absolute Gasteiger partial charge is 0.394 e.